The highest BCUT2D eigenvalue weighted by atomic mass is 32.2. The van der Waals surface area contributed by atoms with E-state index in [1.807, 2.05) is 0 Å². The zero-order valence-corrected chi connectivity index (χ0v) is 23.2. The molecule has 4 rings (SSSR count). The van der Waals surface area contributed by atoms with Crippen LogP contribution in [0.25, 0.3) is 0 Å². The highest BCUT2D eigenvalue weighted by Crippen LogP contribution is 2.38. The first-order chi connectivity index (χ1) is 18.4. The van der Waals surface area contributed by atoms with Gasteiger partial charge < -0.3 is 20.1 Å². The maximum absolute atomic E-state index is 13.2. The van der Waals surface area contributed by atoms with Crippen molar-refractivity contribution < 1.29 is 31.9 Å². The van der Waals surface area contributed by atoms with E-state index in [2.05, 4.69) is 21.4 Å². The van der Waals surface area contributed by atoms with Gasteiger partial charge in [0, 0.05) is 17.8 Å². The number of hydrogen-bond acceptors (Lipinski definition) is 6. The number of benzene rings is 2. The molecule has 0 saturated heterocycles. The van der Waals surface area contributed by atoms with Crippen LogP contribution in [-0.2, 0) is 40.4 Å². The van der Waals surface area contributed by atoms with Crippen LogP contribution in [0.5, 0.6) is 5.75 Å². The Morgan fingerprint density at radius 2 is 1.62 bits per heavy atom. The average molecular weight is 560 g/mol. The smallest absolute Gasteiger partial charge is 0.407 e. The number of anilines is 1. The predicted molar refractivity (Wildman–Crippen MR) is 145 cm³/mol. The van der Waals surface area contributed by atoms with Crippen molar-refractivity contribution in [3.8, 4) is 5.75 Å². The molecule has 2 aliphatic carbocycles. The van der Waals surface area contributed by atoms with Gasteiger partial charge in [-0.25, -0.2) is 27.1 Å². The fourth-order valence-corrected chi connectivity index (χ4v) is 5.71. The van der Waals surface area contributed by atoms with Crippen LogP contribution in [0.1, 0.15) is 55.9 Å². The summed E-state index contributed by atoms with van der Waals surface area (Å²) < 4.78 is 51.6. The molecule has 0 spiro atoms. The molecule has 3 N–H and O–H groups in total. The van der Waals surface area contributed by atoms with Crippen LogP contribution in [0, 0.1) is 0 Å². The number of carbonyl (C=O) groups is 2. The van der Waals surface area contributed by atoms with E-state index in [4.69, 9.17) is 9.47 Å². The Labute approximate surface area is 228 Å². The van der Waals surface area contributed by atoms with E-state index in [-0.39, 0.29) is 29.4 Å². The normalized spacial score (nSPS) is 14.8. The number of amides is 3. The first-order valence-electron chi connectivity index (χ1n) is 12.9. The SMILES string of the molecule is CC(C)(C)OC(=O)NC/C(=C\F)COc1ccc(S(=O)(=O)NC(=O)Nc2c3c(cc4c2CCC4)CCC3)cc1. The molecule has 210 valence electrons. The molecule has 2 aromatic carbocycles. The third-order valence-electron chi connectivity index (χ3n) is 6.51. The van der Waals surface area contributed by atoms with Crippen LogP contribution in [0.15, 0.2) is 47.1 Å². The van der Waals surface area contributed by atoms with Crippen molar-refractivity contribution in [1.82, 2.24) is 10.0 Å². The van der Waals surface area contributed by atoms with Gasteiger partial charge in [0.25, 0.3) is 10.0 Å². The first kappa shape index (κ1) is 28.4. The molecule has 2 aliphatic rings. The third kappa shape index (κ3) is 7.29. The summed E-state index contributed by atoms with van der Waals surface area (Å²) in [6.45, 7) is 4.85. The van der Waals surface area contributed by atoms with Crippen molar-refractivity contribution in [2.75, 3.05) is 18.5 Å². The fraction of sp³-hybridized carbons (Fsp3) is 0.429. The highest BCUT2D eigenvalue weighted by molar-refractivity contribution is 7.90. The Kier molecular flexibility index (Phi) is 8.48. The van der Waals surface area contributed by atoms with E-state index < -0.39 is 27.7 Å². The number of alkyl carbamates (subject to hydrolysis) is 1. The summed E-state index contributed by atoms with van der Waals surface area (Å²) in [5.74, 6) is 0.283. The molecule has 0 fully saturated rings. The Bertz CT molecular complexity index is 1350. The van der Waals surface area contributed by atoms with Gasteiger partial charge in [0.2, 0.25) is 0 Å². The summed E-state index contributed by atoms with van der Waals surface area (Å²) in [5.41, 5.74) is 4.90. The van der Waals surface area contributed by atoms with Gasteiger partial charge in [0.1, 0.15) is 18.0 Å². The molecule has 0 aromatic heterocycles. The van der Waals surface area contributed by atoms with Crippen LogP contribution in [0.2, 0.25) is 0 Å². The molecule has 9 nitrogen and oxygen atoms in total. The van der Waals surface area contributed by atoms with Gasteiger partial charge in [-0.2, -0.15) is 0 Å². The van der Waals surface area contributed by atoms with Crippen molar-refractivity contribution in [1.29, 1.82) is 0 Å². The summed E-state index contributed by atoms with van der Waals surface area (Å²) in [7, 11) is -4.14. The number of carbonyl (C=O) groups excluding carboxylic acids is 2. The van der Waals surface area contributed by atoms with Gasteiger partial charge in [-0.05, 0) is 106 Å². The fourth-order valence-electron chi connectivity index (χ4n) is 4.80. The summed E-state index contributed by atoms with van der Waals surface area (Å²) in [6.07, 6.45) is 5.34. The standard InChI is InChI=1S/C28H34FN3O6S/c1-28(2,3)38-27(34)30-16-18(15-29)17-37-21-10-12-22(13-11-21)39(35,36)32-26(33)31-25-23-8-4-6-19(23)14-20-7-5-9-24(20)25/h10-15H,4-9,16-17H2,1-3H3,(H,30,34)(H2,31,32,33)/b18-15+. The summed E-state index contributed by atoms with van der Waals surface area (Å²) in [6, 6.07) is 6.82. The maximum Gasteiger partial charge on any atom is 0.407 e. The lowest BCUT2D eigenvalue weighted by atomic mass is 9.99. The molecule has 39 heavy (non-hydrogen) atoms. The molecule has 0 saturated carbocycles. The van der Waals surface area contributed by atoms with Crippen molar-refractivity contribution in [2.24, 2.45) is 0 Å². The Hall–Kier alpha value is -3.60. The van der Waals surface area contributed by atoms with E-state index in [1.165, 1.54) is 35.4 Å². The van der Waals surface area contributed by atoms with Crippen molar-refractivity contribution in [3.63, 3.8) is 0 Å². The Morgan fingerprint density at radius 1 is 1.00 bits per heavy atom. The largest absolute Gasteiger partial charge is 0.489 e. The number of rotatable bonds is 8. The van der Waals surface area contributed by atoms with Crippen LogP contribution >= 0.6 is 0 Å². The van der Waals surface area contributed by atoms with Gasteiger partial charge >= 0.3 is 12.1 Å². The quantitative estimate of drug-likeness (QED) is 0.422. The molecular weight excluding hydrogens is 525 g/mol. The number of hydrogen-bond donors (Lipinski definition) is 3. The first-order valence-corrected chi connectivity index (χ1v) is 14.4. The van der Waals surface area contributed by atoms with Crippen LogP contribution in [0.4, 0.5) is 19.7 Å². The van der Waals surface area contributed by atoms with E-state index in [9.17, 15) is 22.4 Å². The number of sulfonamides is 1. The predicted octanol–water partition coefficient (Wildman–Crippen LogP) is 4.93. The van der Waals surface area contributed by atoms with Crippen molar-refractivity contribution in [3.05, 3.63) is 64.5 Å². The second kappa shape index (κ2) is 11.6. The van der Waals surface area contributed by atoms with Gasteiger partial charge in [0.15, 0.2) is 0 Å². The third-order valence-corrected chi connectivity index (χ3v) is 7.86. The monoisotopic (exact) mass is 559 g/mol. The van der Waals surface area contributed by atoms with Gasteiger partial charge in [-0.3, -0.25) is 0 Å². The number of fused-ring (bicyclic) bond motifs is 2. The second-order valence-corrected chi connectivity index (χ2v) is 12.4. The average Bonchev–Trinajstić information content (AvgIpc) is 3.52. The second-order valence-electron chi connectivity index (χ2n) is 10.7. The van der Waals surface area contributed by atoms with E-state index in [0.717, 1.165) is 55.3 Å². The minimum absolute atomic E-state index is 0.120. The molecule has 2 aromatic rings. The lowest BCUT2D eigenvalue weighted by molar-refractivity contribution is 0.0531. The number of aryl methyl sites for hydroxylation is 2. The number of ether oxygens (including phenoxy) is 2. The molecule has 0 radical (unpaired) electrons. The molecule has 11 heteroatoms. The molecule has 3 amide bonds. The topological polar surface area (TPSA) is 123 Å². The van der Waals surface area contributed by atoms with E-state index >= 15 is 0 Å². The van der Waals surface area contributed by atoms with Crippen molar-refractivity contribution >= 4 is 27.8 Å². The number of halogens is 1. The highest BCUT2D eigenvalue weighted by Gasteiger charge is 2.26. The molecule has 0 bridgehead atoms. The van der Waals surface area contributed by atoms with Gasteiger partial charge in [0.05, 0.1) is 11.2 Å². The Balaban J connectivity index is 1.33. The minimum atomic E-state index is -4.14. The lowest BCUT2D eigenvalue weighted by Gasteiger charge is -2.20. The van der Waals surface area contributed by atoms with Crippen LogP contribution in [0.3, 0.4) is 0 Å². The van der Waals surface area contributed by atoms with Gasteiger partial charge in [-0.1, -0.05) is 6.07 Å². The number of nitrogens with one attached hydrogen (secondary N) is 3. The maximum atomic E-state index is 13.2. The molecule has 0 atom stereocenters. The minimum Gasteiger partial charge on any atom is -0.489 e. The number of urea groups is 1. The zero-order valence-electron chi connectivity index (χ0n) is 22.4. The van der Waals surface area contributed by atoms with Crippen molar-refractivity contribution in [2.45, 2.75) is 69.8 Å². The summed E-state index contributed by atoms with van der Waals surface area (Å²) in [4.78, 5) is 24.4. The lowest BCUT2D eigenvalue weighted by Crippen LogP contribution is -2.35. The molecular formula is C28H34FN3O6S. The van der Waals surface area contributed by atoms with Gasteiger partial charge in [-0.15, -0.1) is 0 Å². The zero-order chi connectivity index (χ0) is 28.2. The van der Waals surface area contributed by atoms with Crippen LogP contribution in [-0.4, -0.2) is 39.3 Å². The van der Waals surface area contributed by atoms with E-state index in [0.29, 0.717) is 6.33 Å². The molecule has 0 heterocycles. The van der Waals surface area contributed by atoms with Crippen LogP contribution < -0.4 is 20.1 Å². The molecule has 0 aliphatic heterocycles. The molecule has 0 unspecified atom stereocenters. The Morgan fingerprint density at radius 3 is 2.18 bits per heavy atom. The van der Waals surface area contributed by atoms with E-state index in [1.54, 1.807) is 20.8 Å². The summed E-state index contributed by atoms with van der Waals surface area (Å²) in [5, 5.41) is 5.26. The summed E-state index contributed by atoms with van der Waals surface area (Å²) >= 11 is 0.